The van der Waals surface area contributed by atoms with Crippen LogP contribution in [0.4, 0.5) is 23.2 Å². The summed E-state index contributed by atoms with van der Waals surface area (Å²) in [6.07, 6.45) is -4.14. The van der Waals surface area contributed by atoms with E-state index in [-0.39, 0.29) is 12.2 Å². The molecule has 4 nitrogen and oxygen atoms in total. The summed E-state index contributed by atoms with van der Waals surface area (Å²) >= 11 is 0. The maximum atomic E-state index is 13.6. The van der Waals surface area contributed by atoms with E-state index in [0.717, 1.165) is 22.5 Å². The Hall–Kier alpha value is -1.61. The lowest BCUT2D eigenvalue weighted by molar-refractivity contribution is -0.0953. The quantitative estimate of drug-likeness (QED) is 0.516. The molecule has 0 saturated carbocycles. The van der Waals surface area contributed by atoms with E-state index in [1.165, 1.54) is 6.07 Å². The first kappa shape index (κ1) is 15.8. The molecule has 0 atom stereocenters. The first-order valence-corrected chi connectivity index (χ1v) is 7.38. The van der Waals surface area contributed by atoms with Crippen molar-refractivity contribution in [2.45, 2.75) is 17.5 Å². The number of alkyl halides is 3. The number of nitrogens with two attached hydrogens (primary N) is 1. The fourth-order valence-electron chi connectivity index (χ4n) is 1.98. The topological polar surface area (TPSA) is 63.4 Å². The van der Waals surface area contributed by atoms with Crippen LogP contribution in [0.15, 0.2) is 34.7 Å². The fraction of sp³-hybridized carbons (Fsp3) is 0.333. The first-order valence-electron chi connectivity index (χ1n) is 5.94. The van der Waals surface area contributed by atoms with Crippen LogP contribution in [0.5, 0.6) is 0 Å². The van der Waals surface area contributed by atoms with Crippen LogP contribution < -0.4 is 5.73 Å². The largest absolute Gasteiger partial charge is 0.412 e. The maximum Gasteiger partial charge on any atom is 0.412 e. The SMILES string of the molecule is Nc1ccc(F)c(S(=O)(=O)N2CC=C(C(F)(F)F)CC2)c1. The minimum absolute atomic E-state index is 0.0542. The maximum absolute atomic E-state index is 13.6. The van der Waals surface area contributed by atoms with E-state index in [1.54, 1.807) is 0 Å². The van der Waals surface area contributed by atoms with Crippen LogP contribution in [0.2, 0.25) is 0 Å². The second-order valence-corrected chi connectivity index (χ2v) is 6.44. The van der Waals surface area contributed by atoms with E-state index >= 15 is 0 Å². The first-order chi connectivity index (χ1) is 9.62. The van der Waals surface area contributed by atoms with E-state index < -0.39 is 45.5 Å². The van der Waals surface area contributed by atoms with Crippen LogP contribution in [0, 0.1) is 5.82 Å². The normalized spacial score (nSPS) is 17.6. The molecule has 9 heteroatoms. The lowest BCUT2D eigenvalue weighted by Crippen LogP contribution is -2.37. The molecule has 0 unspecified atom stereocenters. The molecule has 1 aliphatic heterocycles. The summed E-state index contributed by atoms with van der Waals surface area (Å²) in [7, 11) is -4.22. The van der Waals surface area contributed by atoms with Crippen LogP contribution in [0.1, 0.15) is 6.42 Å². The number of halogens is 4. The molecule has 0 amide bonds. The summed E-state index contributed by atoms with van der Waals surface area (Å²) in [4.78, 5) is -0.633. The second-order valence-electron chi connectivity index (χ2n) is 4.53. The second kappa shape index (κ2) is 5.30. The number of sulfonamides is 1. The highest BCUT2D eigenvalue weighted by Crippen LogP contribution is 2.32. The van der Waals surface area contributed by atoms with Gasteiger partial charge in [-0.2, -0.15) is 17.5 Å². The summed E-state index contributed by atoms with van der Waals surface area (Å²) in [6, 6.07) is 3.06. The van der Waals surface area contributed by atoms with Crippen LogP contribution in [0.3, 0.4) is 0 Å². The van der Waals surface area contributed by atoms with E-state index in [1.807, 2.05) is 0 Å². The molecular formula is C12H12F4N2O2S. The zero-order valence-electron chi connectivity index (χ0n) is 10.7. The number of hydrogen-bond donors (Lipinski definition) is 1. The number of nitrogen functional groups attached to an aromatic ring is 1. The Labute approximate surface area is 118 Å². The molecule has 0 fully saturated rings. The highest BCUT2D eigenvalue weighted by Gasteiger charge is 2.37. The zero-order chi connectivity index (χ0) is 15.8. The molecule has 1 aromatic carbocycles. The minimum Gasteiger partial charge on any atom is -0.399 e. The highest BCUT2D eigenvalue weighted by atomic mass is 32.2. The predicted molar refractivity (Wildman–Crippen MR) is 68.3 cm³/mol. The van der Waals surface area contributed by atoms with Crippen LogP contribution in [-0.2, 0) is 10.0 Å². The van der Waals surface area contributed by atoms with Gasteiger partial charge in [0.1, 0.15) is 10.7 Å². The van der Waals surface area contributed by atoms with Gasteiger partial charge in [-0.05, 0) is 24.6 Å². The highest BCUT2D eigenvalue weighted by molar-refractivity contribution is 7.89. The van der Waals surface area contributed by atoms with Crippen LogP contribution in [0.25, 0.3) is 0 Å². The van der Waals surface area contributed by atoms with Gasteiger partial charge in [-0.15, -0.1) is 0 Å². The zero-order valence-corrected chi connectivity index (χ0v) is 11.5. The summed E-state index contributed by atoms with van der Waals surface area (Å²) in [6.45, 7) is -0.812. The molecule has 0 aliphatic carbocycles. The minimum atomic E-state index is -4.47. The van der Waals surface area contributed by atoms with Crippen molar-refractivity contribution in [2.75, 3.05) is 18.8 Å². The third-order valence-corrected chi connectivity index (χ3v) is 4.99. The van der Waals surface area contributed by atoms with Gasteiger partial charge < -0.3 is 5.73 Å². The molecule has 1 aliphatic rings. The van der Waals surface area contributed by atoms with Crippen LogP contribution in [-0.4, -0.2) is 32.0 Å². The van der Waals surface area contributed by atoms with E-state index in [9.17, 15) is 26.0 Å². The number of hydrogen-bond acceptors (Lipinski definition) is 3. The van der Waals surface area contributed by atoms with Crippen molar-refractivity contribution >= 4 is 15.7 Å². The van der Waals surface area contributed by atoms with Gasteiger partial charge in [0.15, 0.2) is 0 Å². The Morgan fingerprint density at radius 2 is 1.90 bits per heavy atom. The molecule has 0 saturated heterocycles. The molecule has 116 valence electrons. The Balaban J connectivity index is 2.31. The van der Waals surface area contributed by atoms with E-state index in [2.05, 4.69) is 0 Å². The summed E-state index contributed by atoms with van der Waals surface area (Å²) in [5, 5.41) is 0. The monoisotopic (exact) mass is 324 g/mol. The molecule has 0 bridgehead atoms. The third kappa shape index (κ3) is 3.18. The van der Waals surface area contributed by atoms with Gasteiger partial charge in [-0.1, -0.05) is 6.08 Å². The third-order valence-electron chi connectivity index (χ3n) is 3.11. The number of rotatable bonds is 2. The summed E-state index contributed by atoms with van der Waals surface area (Å²) < 4.78 is 76.4. The van der Waals surface area contributed by atoms with Gasteiger partial charge >= 0.3 is 6.18 Å². The van der Waals surface area contributed by atoms with Gasteiger partial charge in [0.25, 0.3) is 0 Å². The van der Waals surface area contributed by atoms with Crippen molar-refractivity contribution in [3.05, 3.63) is 35.7 Å². The standard InChI is InChI=1S/C12H12F4N2O2S/c13-10-2-1-9(17)7-11(10)21(19,20)18-5-3-8(4-6-18)12(14,15)16/h1-3,7H,4-6,17H2. The summed E-state index contributed by atoms with van der Waals surface area (Å²) in [5.41, 5.74) is 4.70. The lowest BCUT2D eigenvalue weighted by atomic mass is 10.1. The molecule has 2 rings (SSSR count). The predicted octanol–water partition coefficient (Wildman–Crippen LogP) is 2.29. The molecule has 1 aromatic rings. The summed E-state index contributed by atoms with van der Waals surface area (Å²) in [5.74, 6) is -0.991. The lowest BCUT2D eigenvalue weighted by Gasteiger charge is -2.26. The van der Waals surface area contributed by atoms with Crippen molar-refractivity contribution in [1.29, 1.82) is 0 Å². The molecule has 2 N–H and O–H groups in total. The van der Waals surface area contributed by atoms with Gasteiger partial charge in [0, 0.05) is 24.4 Å². The van der Waals surface area contributed by atoms with Crippen molar-refractivity contribution in [3.8, 4) is 0 Å². The van der Waals surface area contributed by atoms with Gasteiger partial charge in [-0.3, -0.25) is 0 Å². The molecular weight excluding hydrogens is 312 g/mol. The molecule has 1 heterocycles. The number of anilines is 1. The van der Waals surface area contributed by atoms with Crippen molar-refractivity contribution in [2.24, 2.45) is 0 Å². The van der Waals surface area contributed by atoms with Gasteiger partial charge in [-0.25, -0.2) is 12.8 Å². The van der Waals surface area contributed by atoms with Crippen molar-refractivity contribution in [1.82, 2.24) is 4.31 Å². The van der Waals surface area contributed by atoms with Crippen LogP contribution >= 0.6 is 0 Å². The average Bonchev–Trinajstić information content (AvgIpc) is 2.40. The van der Waals surface area contributed by atoms with Gasteiger partial charge in [0.2, 0.25) is 10.0 Å². The molecule has 0 aromatic heterocycles. The van der Waals surface area contributed by atoms with E-state index in [4.69, 9.17) is 5.73 Å². The van der Waals surface area contributed by atoms with Crippen molar-refractivity contribution in [3.63, 3.8) is 0 Å². The Kier molecular flexibility index (Phi) is 3.98. The molecule has 0 radical (unpaired) electrons. The Morgan fingerprint density at radius 1 is 1.24 bits per heavy atom. The number of benzene rings is 1. The number of nitrogens with zero attached hydrogens (tertiary/aromatic N) is 1. The molecule has 0 spiro atoms. The Morgan fingerprint density at radius 3 is 2.43 bits per heavy atom. The Bertz CT molecular complexity index is 683. The molecule has 21 heavy (non-hydrogen) atoms. The van der Waals surface area contributed by atoms with Crippen molar-refractivity contribution < 1.29 is 26.0 Å². The smallest absolute Gasteiger partial charge is 0.399 e. The fourth-order valence-corrected chi connectivity index (χ4v) is 3.46. The average molecular weight is 324 g/mol. The van der Waals surface area contributed by atoms with Gasteiger partial charge in [0.05, 0.1) is 0 Å². The van der Waals surface area contributed by atoms with E-state index in [0.29, 0.717) is 0 Å².